The molecule has 12 heteroatoms. The summed E-state index contributed by atoms with van der Waals surface area (Å²) in [6, 6.07) is 20.6. The van der Waals surface area contributed by atoms with Crippen LogP contribution in [-0.2, 0) is 19.1 Å². The van der Waals surface area contributed by atoms with Crippen LogP contribution in [0.3, 0.4) is 0 Å². The Labute approximate surface area is 270 Å². The number of carbonyl (C=O) groups excluding carboxylic acids is 4. The molecule has 2 aliphatic rings. The Morgan fingerprint density at radius 2 is 1.78 bits per heavy atom. The minimum absolute atomic E-state index is 0.00196. The van der Waals surface area contributed by atoms with Crippen LogP contribution in [0, 0.1) is 0 Å². The monoisotopic (exact) mass is 641 g/mol. The molecule has 4 aromatic rings. The molecule has 2 atom stereocenters. The number of amides is 3. The van der Waals surface area contributed by atoms with Gasteiger partial charge in [0.15, 0.2) is 0 Å². The minimum atomic E-state index is -0.922. The average molecular weight is 642 g/mol. The molecule has 3 amide bonds. The molecule has 0 saturated carbocycles. The van der Waals surface area contributed by atoms with Crippen molar-refractivity contribution in [3.8, 4) is 11.1 Å². The summed E-state index contributed by atoms with van der Waals surface area (Å²) < 4.78 is 5.54. The van der Waals surface area contributed by atoms with Crippen LogP contribution in [0.2, 0.25) is 0 Å². The molecule has 3 aromatic carbocycles. The summed E-state index contributed by atoms with van der Waals surface area (Å²) in [6.45, 7) is 2.21. The highest BCUT2D eigenvalue weighted by molar-refractivity contribution is 8.00. The molecule has 46 heavy (non-hydrogen) atoms. The Balaban J connectivity index is 1.06. The summed E-state index contributed by atoms with van der Waals surface area (Å²) in [5, 5.41) is 10.4. The average Bonchev–Trinajstić information content (AvgIpc) is 3.69. The maximum Gasteiger partial charge on any atom is 0.535 e. The van der Waals surface area contributed by atoms with Crippen LogP contribution in [0.15, 0.2) is 66.7 Å². The Kier molecular flexibility index (Phi) is 9.62. The van der Waals surface area contributed by atoms with Crippen LogP contribution in [0.25, 0.3) is 22.2 Å². The van der Waals surface area contributed by atoms with Gasteiger partial charge in [-0.25, -0.2) is 4.79 Å². The summed E-state index contributed by atoms with van der Waals surface area (Å²) in [7, 11) is 0. The number of carbonyl (C=O) groups is 4. The number of anilines is 1. The molecular formula is C34H35N5O6S. The maximum absolute atomic E-state index is 12.9. The van der Waals surface area contributed by atoms with Crippen molar-refractivity contribution < 1.29 is 28.8 Å². The molecule has 1 aliphatic carbocycles. The molecule has 238 valence electrons. The van der Waals surface area contributed by atoms with E-state index in [1.54, 1.807) is 30.0 Å². The number of unbranched alkanes of at least 4 members (excludes halogenated alkanes) is 3. The van der Waals surface area contributed by atoms with Crippen molar-refractivity contribution >= 4 is 52.4 Å². The van der Waals surface area contributed by atoms with Gasteiger partial charge in [-0.3, -0.25) is 24.1 Å². The molecule has 2 heterocycles. The number of aromatic nitrogens is 3. The topological polar surface area (TPSA) is 133 Å². The van der Waals surface area contributed by atoms with E-state index in [1.165, 1.54) is 11.3 Å². The Morgan fingerprint density at radius 1 is 0.978 bits per heavy atom. The van der Waals surface area contributed by atoms with E-state index in [0.29, 0.717) is 16.7 Å². The third-order valence-electron chi connectivity index (χ3n) is 8.27. The molecule has 1 N–H and O–H groups in total. The minimum Gasteiger partial charge on any atom is -0.432 e. The lowest BCUT2D eigenvalue weighted by atomic mass is 9.97. The largest absolute Gasteiger partial charge is 0.535 e. The van der Waals surface area contributed by atoms with Gasteiger partial charge in [-0.2, -0.15) is 0 Å². The van der Waals surface area contributed by atoms with Gasteiger partial charge in [0, 0.05) is 31.0 Å². The number of nitrogens with zero attached hydrogens (tertiary/aromatic N) is 4. The molecular weight excluding hydrogens is 606 g/mol. The number of imide groups is 1. The normalized spacial score (nSPS) is 16.8. The second-order valence-corrected chi connectivity index (χ2v) is 12.7. The SMILES string of the molecule is CCCCCCSC1CC(=O)N(CCC(=O)Nc2ccc3c(c2)C(COC(=O)On2nnc4ccccc42)c2ccccc2-3)C1=O. The zero-order valence-corrected chi connectivity index (χ0v) is 26.3. The number of hydrogen-bond donors (Lipinski definition) is 1. The number of thioether (sulfide) groups is 1. The Morgan fingerprint density at radius 3 is 2.65 bits per heavy atom. The zero-order chi connectivity index (χ0) is 32.0. The first kappa shape index (κ1) is 31.3. The van der Waals surface area contributed by atoms with E-state index in [4.69, 9.17) is 9.57 Å². The maximum atomic E-state index is 12.9. The second-order valence-electron chi connectivity index (χ2n) is 11.4. The number of rotatable bonds is 13. The second kappa shape index (κ2) is 14.2. The fraction of sp³-hybridized carbons (Fsp3) is 0.353. The van der Waals surface area contributed by atoms with Crippen LogP contribution >= 0.6 is 11.8 Å². The smallest absolute Gasteiger partial charge is 0.432 e. The summed E-state index contributed by atoms with van der Waals surface area (Å²) in [4.78, 5) is 58.5. The first-order valence-electron chi connectivity index (χ1n) is 15.6. The number of hydrogen-bond acceptors (Lipinski definition) is 9. The molecule has 1 fully saturated rings. The third-order valence-corrected chi connectivity index (χ3v) is 9.56. The number of ether oxygens (including phenoxy) is 1. The number of benzene rings is 3. The van der Waals surface area contributed by atoms with Crippen molar-refractivity contribution in [2.75, 3.05) is 24.2 Å². The lowest BCUT2D eigenvalue weighted by molar-refractivity contribution is -0.138. The third kappa shape index (κ3) is 6.76. The quantitative estimate of drug-likeness (QED) is 0.0860. The van der Waals surface area contributed by atoms with Crippen molar-refractivity contribution in [1.29, 1.82) is 0 Å². The molecule has 6 rings (SSSR count). The Bertz CT molecular complexity index is 1770. The summed E-state index contributed by atoms with van der Waals surface area (Å²) in [5.74, 6) is -0.168. The predicted molar refractivity (Wildman–Crippen MR) is 174 cm³/mol. The molecule has 0 bridgehead atoms. The summed E-state index contributed by atoms with van der Waals surface area (Å²) in [5.41, 5.74) is 5.56. The fourth-order valence-electron chi connectivity index (χ4n) is 5.94. The number of nitrogens with one attached hydrogen (secondary N) is 1. The van der Waals surface area contributed by atoms with E-state index in [2.05, 4.69) is 22.6 Å². The van der Waals surface area contributed by atoms with Crippen molar-refractivity contribution in [3.63, 3.8) is 0 Å². The van der Waals surface area contributed by atoms with Gasteiger partial charge in [0.05, 0.1) is 5.25 Å². The molecule has 1 aliphatic heterocycles. The van der Waals surface area contributed by atoms with Crippen LogP contribution in [-0.4, -0.2) is 68.1 Å². The van der Waals surface area contributed by atoms with Gasteiger partial charge in [-0.1, -0.05) is 73.5 Å². The molecule has 0 radical (unpaired) electrons. The van der Waals surface area contributed by atoms with E-state index >= 15 is 0 Å². The molecule has 0 spiro atoms. The highest BCUT2D eigenvalue weighted by Gasteiger charge is 2.38. The van der Waals surface area contributed by atoms with Gasteiger partial charge >= 0.3 is 6.16 Å². The van der Waals surface area contributed by atoms with Gasteiger partial charge in [-0.15, -0.1) is 16.9 Å². The van der Waals surface area contributed by atoms with Crippen LogP contribution in [0.5, 0.6) is 0 Å². The summed E-state index contributed by atoms with van der Waals surface area (Å²) >= 11 is 1.54. The van der Waals surface area contributed by atoms with Gasteiger partial charge in [-0.05, 0) is 63.9 Å². The number of likely N-dealkylation sites (tertiary alicyclic amines) is 1. The predicted octanol–water partition coefficient (Wildman–Crippen LogP) is 5.58. The first-order valence-corrected chi connectivity index (χ1v) is 16.6. The van der Waals surface area contributed by atoms with Gasteiger partial charge in [0.25, 0.3) is 0 Å². The van der Waals surface area contributed by atoms with Gasteiger partial charge in [0.1, 0.15) is 17.6 Å². The fourth-order valence-corrected chi connectivity index (χ4v) is 7.13. The molecule has 1 saturated heterocycles. The van der Waals surface area contributed by atoms with Crippen molar-refractivity contribution in [1.82, 2.24) is 20.1 Å². The van der Waals surface area contributed by atoms with E-state index in [-0.39, 0.29) is 54.9 Å². The highest BCUT2D eigenvalue weighted by atomic mass is 32.2. The molecule has 2 unspecified atom stereocenters. The van der Waals surface area contributed by atoms with Crippen LogP contribution in [0.1, 0.15) is 62.5 Å². The van der Waals surface area contributed by atoms with Gasteiger partial charge in [0.2, 0.25) is 17.7 Å². The standard InChI is InChI=1S/C34H35N5O6S/c1-2-3-4-9-18-46-30-20-32(41)38(33(30)42)17-16-31(40)35-22-14-15-25-23-10-5-6-11-24(23)27(26(25)19-22)21-44-34(43)45-39-29-13-8-7-12-28(29)36-37-39/h5-8,10-15,19,27,30H,2-4,9,16-18,20-21H2,1H3,(H,35,40). The Hall–Kier alpha value is -4.71. The lowest BCUT2D eigenvalue weighted by Gasteiger charge is -2.16. The lowest BCUT2D eigenvalue weighted by Crippen LogP contribution is -2.34. The van der Waals surface area contributed by atoms with Crippen molar-refractivity contribution in [2.24, 2.45) is 0 Å². The zero-order valence-electron chi connectivity index (χ0n) is 25.5. The highest BCUT2D eigenvalue weighted by Crippen LogP contribution is 2.45. The van der Waals surface area contributed by atoms with E-state index in [9.17, 15) is 19.2 Å². The van der Waals surface area contributed by atoms with Crippen LogP contribution in [0.4, 0.5) is 10.5 Å². The van der Waals surface area contributed by atoms with Crippen molar-refractivity contribution in [3.05, 3.63) is 77.9 Å². The van der Waals surface area contributed by atoms with E-state index in [0.717, 1.165) is 52.1 Å². The summed E-state index contributed by atoms with van der Waals surface area (Å²) in [6.07, 6.45) is 3.74. The number of para-hydroxylation sites is 1. The first-order chi connectivity index (χ1) is 22.4. The molecule has 1 aromatic heterocycles. The van der Waals surface area contributed by atoms with E-state index in [1.807, 2.05) is 48.5 Å². The van der Waals surface area contributed by atoms with E-state index < -0.39 is 6.16 Å². The van der Waals surface area contributed by atoms with Gasteiger partial charge < -0.3 is 10.1 Å². The molecule has 11 nitrogen and oxygen atoms in total. The van der Waals surface area contributed by atoms with Crippen LogP contribution < -0.4 is 10.2 Å². The van der Waals surface area contributed by atoms with Crippen molar-refractivity contribution in [2.45, 2.75) is 56.6 Å². The number of fused-ring (bicyclic) bond motifs is 4.